The Balaban J connectivity index is 2.04. The lowest BCUT2D eigenvalue weighted by atomic mass is 10.2. The summed E-state index contributed by atoms with van der Waals surface area (Å²) in [5.74, 6) is 0. The van der Waals surface area contributed by atoms with Gasteiger partial charge >= 0.3 is 6.18 Å². The molecule has 1 heterocycles. The molecular formula is C15H10BrF3N2. The summed E-state index contributed by atoms with van der Waals surface area (Å²) in [6.07, 6.45) is -2.51. The summed E-state index contributed by atoms with van der Waals surface area (Å²) in [6.45, 7) is 0. The molecule has 0 aliphatic rings. The summed E-state index contributed by atoms with van der Waals surface area (Å²) in [7, 11) is 0. The molecule has 21 heavy (non-hydrogen) atoms. The lowest BCUT2D eigenvalue weighted by Gasteiger charge is -2.07. The molecule has 0 aliphatic carbocycles. The number of hydrogen-bond acceptors (Lipinski definition) is 1. The smallest absolute Gasteiger partial charge is 0.240 e. The van der Waals surface area contributed by atoms with Gasteiger partial charge in [0.25, 0.3) is 0 Å². The molecule has 0 bridgehead atoms. The zero-order valence-corrected chi connectivity index (χ0v) is 12.3. The van der Waals surface area contributed by atoms with Crippen LogP contribution in [0, 0.1) is 0 Å². The Bertz CT molecular complexity index is 776. The number of nitrogens with zero attached hydrogens (tertiary/aromatic N) is 2. The Morgan fingerprint density at radius 1 is 1.05 bits per heavy atom. The van der Waals surface area contributed by atoms with E-state index in [0.29, 0.717) is 11.0 Å². The van der Waals surface area contributed by atoms with Crippen LogP contribution in [0.15, 0.2) is 48.7 Å². The first kappa shape index (κ1) is 14.1. The zero-order valence-electron chi connectivity index (χ0n) is 10.7. The Hall–Kier alpha value is -1.82. The van der Waals surface area contributed by atoms with Crippen molar-refractivity contribution in [1.82, 2.24) is 9.78 Å². The number of rotatable bonds is 2. The minimum absolute atomic E-state index is 0.597. The highest BCUT2D eigenvalue weighted by atomic mass is 79.9. The van der Waals surface area contributed by atoms with E-state index in [1.54, 1.807) is 4.68 Å². The SMILES string of the molecule is FC(F)(F)c1ccc(-n2cc3cccc(CBr)c3n2)cc1. The maximum absolute atomic E-state index is 12.6. The predicted molar refractivity (Wildman–Crippen MR) is 78.7 cm³/mol. The van der Waals surface area contributed by atoms with Gasteiger partial charge in [-0.3, -0.25) is 0 Å². The molecule has 0 radical (unpaired) electrons. The van der Waals surface area contributed by atoms with Gasteiger partial charge in [-0.05, 0) is 29.8 Å². The highest BCUT2D eigenvalue weighted by Crippen LogP contribution is 2.30. The third kappa shape index (κ3) is 2.68. The highest BCUT2D eigenvalue weighted by molar-refractivity contribution is 9.08. The summed E-state index contributed by atoms with van der Waals surface area (Å²) in [5.41, 5.74) is 1.82. The van der Waals surface area contributed by atoms with Crippen molar-refractivity contribution in [2.45, 2.75) is 11.5 Å². The van der Waals surface area contributed by atoms with Crippen LogP contribution in [0.2, 0.25) is 0 Å². The first-order valence-electron chi connectivity index (χ1n) is 6.20. The van der Waals surface area contributed by atoms with Crippen LogP contribution in [0.3, 0.4) is 0 Å². The molecule has 1 aromatic heterocycles. The third-order valence-electron chi connectivity index (χ3n) is 3.22. The van der Waals surface area contributed by atoms with E-state index in [2.05, 4.69) is 21.0 Å². The van der Waals surface area contributed by atoms with Crippen molar-refractivity contribution in [2.24, 2.45) is 0 Å². The molecule has 3 rings (SSSR count). The van der Waals surface area contributed by atoms with Crippen molar-refractivity contribution in [3.63, 3.8) is 0 Å². The molecule has 0 N–H and O–H groups in total. The Labute approximate surface area is 127 Å². The molecule has 0 fully saturated rings. The fraction of sp³-hybridized carbons (Fsp3) is 0.133. The van der Waals surface area contributed by atoms with Crippen molar-refractivity contribution in [3.05, 3.63) is 59.8 Å². The van der Waals surface area contributed by atoms with Gasteiger partial charge < -0.3 is 0 Å². The number of aromatic nitrogens is 2. The van der Waals surface area contributed by atoms with E-state index in [0.717, 1.165) is 28.6 Å². The van der Waals surface area contributed by atoms with Crippen LogP contribution in [-0.4, -0.2) is 9.78 Å². The summed E-state index contributed by atoms with van der Waals surface area (Å²) in [5, 5.41) is 6.08. The maximum Gasteiger partial charge on any atom is 0.416 e. The molecule has 2 nitrogen and oxygen atoms in total. The van der Waals surface area contributed by atoms with E-state index < -0.39 is 11.7 Å². The lowest BCUT2D eigenvalue weighted by Crippen LogP contribution is -2.05. The molecule has 0 atom stereocenters. The molecule has 108 valence electrons. The van der Waals surface area contributed by atoms with Crippen LogP contribution in [-0.2, 0) is 11.5 Å². The minimum atomic E-state index is -4.32. The topological polar surface area (TPSA) is 17.8 Å². The summed E-state index contributed by atoms with van der Waals surface area (Å²) >= 11 is 3.40. The number of alkyl halides is 4. The van der Waals surface area contributed by atoms with Gasteiger partial charge in [-0.15, -0.1) is 0 Å². The van der Waals surface area contributed by atoms with Crippen molar-refractivity contribution < 1.29 is 13.2 Å². The van der Waals surface area contributed by atoms with Gasteiger partial charge in [-0.1, -0.05) is 34.1 Å². The molecular weight excluding hydrogens is 345 g/mol. The Morgan fingerprint density at radius 2 is 1.76 bits per heavy atom. The summed E-state index contributed by atoms with van der Waals surface area (Å²) in [4.78, 5) is 0. The van der Waals surface area contributed by atoms with Gasteiger partial charge in [-0.2, -0.15) is 18.3 Å². The molecule has 3 aromatic rings. The van der Waals surface area contributed by atoms with E-state index in [4.69, 9.17) is 0 Å². The third-order valence-corrected chi connectivity index (χ3v) is 3.83. The van der Waals surface area contributed by atoms with Crippen LogP contribution in [0.25, 0.3) is 16.6 Å². The largest absolute Gasteiger partial charge is 0.416 e. The molecule has 6 heteroatoms. The van der Waals surface area contributed by atoms with Crippen LogP contribution >= 0.6 is 15.9 Å². The van der Waals surface area contributed by atoms with Crippen molar-refractivity contribution >= 4 is 26.8 Å². The Morgan fingerprint density at radius 3 is 2.38 bits per heavy atom. The van der Waals surface area contributed by atoms with Crippen LogP contribution in [0.4, 0.5) is 13.2 Å². The van der Waals surface area contributed by atoms with E-state index in [9.17, 15) is 13.2 Å². The number of benzene rings is 2. The second-order valence-corrected chi connectivity index (χ2v) is 5.17. The first-order chi connectivity index (χ1) is 9.99. The fourth-order valence-corrected chi connectivity index (χ4v) is 2.60. The van der Waals surface area contributed by atoms with Crippen molar-refractivity contribution in [1.29, 1.82) is 0 Å². The van der Waals surface area contributed by atoms with Gasteiger partial charge in [-0.25, -0.2) is 4.68 Å². The second kappa shape index (κ2) is 5.18. The lowest BCUT2D eigenvalue weighted by molar-refractivity contribution is -0.137. The molecule has 2 aromatic carbocycles. The molecule has 0 aliphatic heterocycles. The maximum atomic E-state index is 12.6. The average Bonchev–Trinajstić information content (AvgIpc) is 2.90. The van der Waals surface area contributed by atoms with Crippen molar-refractivity contribution in [2.75, 3.05) is 0 Å². The van der Waals surface area contributed by atoms with Gasteiger partial charge in [0.1, 0.15) is 0 Å². The van der Waals surface area contributed by atoms with E-state index in [1.165, 1.54) is 12.1 Å². The molecule has 0 unspecified atom stereocenters. The molecule has 0 saturated heterocycles. The fourth-order valence-electron chi connectivity index (χ4n) is 2.15. The number of fused-ring (bicyclic) bond motifs is 1. The van der Waals surface area contributed by atoms with E-state index in [1.807, 2.05) is 24.4 Å². The average molecular weight is 355 g/mol. The second-order valence-electron chi connectivity index (χ2n) is 4.61. The van der Waals surface area contributed by atoms with Gasteiger partial charge in [0, 0.05) is 16.9 Å². The van der Waals surface area contributed by atoms with Gasteiger partial charge in [0.2, 0.25) is 0 Å². The van der Waals surface area contributed by atoms with Gasteiger partial charge in [0.05, 0.1) is 16.8 Å². The van der Waals surface area contributed by atoms with E-state index >= 15 is 0 Å². The predicted octanol–water partition coefficient (Wildman–Crippen LogP) is 4.94. The van der Waals surface area contributed by atoms with Crippen LogP contribution < -0.4 is 0 Å². The monoisotopic (exact) mass is 354 g/mol. The van der Waals surface area contributed by atoms with Crippen LogP contribution in [0.5, 0.6) is 0 Å². The first-order valence-corrected chi connectivity index (χ1v) is 7.32. The Kier molecular flexibility index (Phi) is 3.49. The zero-order chi connectivity index (χ0) is 15.0. The molecule has 0 spiro atoms. The number of hydrogen-bond donors (Lipinski definition) is 0. The normalized spacial score (nSPS) is 12.0. The number of halogens is 4. The standard InChI is InChI=1S/C15H10BrF3N2/c16-8-10-2-1-3-11-9-21(20-14(10)11)13-6-4-12(5-7-13)15(17,18)19/h1-7,9H,8H2. The summed E-state index contributed by atoms with van der Waals surface area (Å²) < 4.78 is 39.3. The molecule has 0 amide bonds. The quantitative estimate of drug-likeness (QED) is 0.596. The van der Waals surface area contributed by atoms with Crippen LogP contribution in [0.1, 0.15) is 11.1 Å². The van der Waals surface area contributed by atoms with Crippen molar-refractivity contribution in [3.8, 4) is 5.69 Å². The minimum Gasteiger partial charge on any atom is -0.240 e. The van der Waals surface area contributed by atoms with E-state index in [-0.39, 0.29) is 0 Å². The molecule has 0 saturated carbocycles. The summed E-state index contributed by atoms with van der Waals surface area (Å²) in [6, 6.07) is 10.8. The highest BCUT2D eigenvalue weighted by Gasteiger charge is 2.30. The van der Waals surface area contributed by atoms with Gasteiger partial charge in [0.15, 0.2) is 0 Å².